The van der Waals surface area contributed by atoms with E-state index in [9.17, 15) is 27.5 Å². The number of alkyl halides is 3. The molecule has 146 valence electrons. The van der Waals surface area contributed by atoms with E-state index in [2.05, 4.69) is 5.32 Å². The highest BCUT2D eigenvalue weighted by molar-refractivity contribution is 7.50. The van der Waals surface area contributed by atoms with Gasteiger partial charge in [-0.1, -0.05) is 11.6 Å². The van der Waals surface area contributed by atoms with Gasteiger partial charge in [-0.25, -0.2) is 5.21 Å². The first kappa shape index (κ1) is 21.0. The van der Waals surface area contributed by atoms with Gasteiger partial charge in [-0.2, -0.15) is 13.2 Å². The van der Waals surface area contributed by atoms with Crippen LogP contribution >= 0.6 is 19.2 Å². The number of hydrogen-bond acceptors (Lipinski definition) is 5. The highest BCUT2D eigenvalue weighted by Gasteiger charge is 2.31. The summed E-state index contributed by atoms with van der Waals surface area (Å²) in [6, 6.07) is 5.72. The van der Waals surface area contributed by atoms with Crippen LogP contribution in [-0.2, 0) is 10.7 Å². The summed E-state index contributed by atoms with van der Waals surface area (Å²) in [5.41, 5.74) is -1.60. The van der Waals surface area contributed by atoms with Crippen LogP contribution < -0.4 is 14.9 Å². The van der Waals surface area contributed by atoms with Gasteiger partial charge in [0.2, 0.25) is 0 Å². The number of hydrogen-bond donors (Lipinski definition) is 3. The normalized spacial score (nSPS) is 13.7. The molecule has 0 saturated carbocycles. The summed E-state index contributed by atoms with van der Waals surface area (Å²) in [5.74, 6) is -0.175. The maximum absolute atomic E-state index is 12.6. The molecule has 0 spiro atoms. The summed E-state index contributed by atoms with van der Waals surface area (Å²) in [6.07, 6.45) is -5.53. The molecule has 27 heavy (non-hydrogen) atoms. The smallest absolute Gasteiger partial charge is 0.416 e. The zero-order valence-electron chi connectivity index (χ0n) is 13.1. The van der Waals surface area contributed by atoms with Crippen molar-refractivity contribution in [3.63, 3.8) is 0 Å². The topological polar surface area (TPSA) is 122 Å². The number of anilines is 1. The fourth-order valence-corrected chi connectivity index (χ4v) is 2.55. The van der Waals surface area contributed by atoms with Gasteiger partial charge >= 0.3 is 11.9 Å². The molecular weight excluding hydrogens is 416 g/mol. The second kappa shape index (κ2) is 7.73. The van der Waals surface area contributed by atoms with Crippen LogP contribution in [0, 0.1) is 4.91 Å². The van der Waals surface area contributed by atoms with Gasteiger partial charge in [-0.05, 0) is 24.3 Å². The fraction of sp³-hybridized carbons (Fsp3) is 0.143. The molecule has 1 atom stereocenters. The third kappa shape index (κ3) is 5.83. The van der Waals surface area contributed by atoms with Crippen LogP contribution in [0.3, 0.4) is 0 Å². The molecule has 0 heterocycles. The average molecular weight is 427 g/mol. The number of nitrogens with zero attached hydrogens (tertiary/aromatic N) is 1. The van der Waals surface area contributed by atoms with Gasteiger partial charge in [-0.15, -0.1) is 0 Å². The molecule has 3 N–H and O–H groups in total. The molecular formula is C14H11ClF3N2O6P. The van der Waals surface area contributed by atoms with Gasteiger partial charge in [0.15, 0.2) is 7.60 Å². The van der Waals surface area contributed by atoms with E-state index in [1.165, 1.54) is 6.07 Å². The minimum Gasteiger partial charge on any atom is -0.777 e. The maximum atomic E-state index is 12.6. The largest absolute Gasteiger partial charge is 0.777 e. The van der Waals surface area contributed by atoms with Crippen molar-refractivity contribution in [2.24, 2.45) is 0 Å². The third-order valence-corrected chi connectivity index (χ3v) is 3.98. The number of nitrogens with one attached hydrogen (secondary N) is 1. The van der Waals surface area contributed by atoms with E-state index in [-0.39, 0.29) is 22.2 Å². The summed E-state index contributed by atoms with van der Waals surface area (Å²) in [4.78, 5) is 30.2. The first-order chi connectivity index (χ1) is 12.4. The Morgan fingerprint density at radius 2 is 1.93 bits per heavy atom. The van der Waals surface area contributed by atoms with Crippen molar-refractivity contribution in [3.05, 3.63) is 51.9 Å². The number of ether oxygens (including phenoxy) is 1. The Bertz CT molecular complexity index is 918. The predicted molar refractivity (Wildman–Crippen MR) is 86.4 cm³/mol. The fourth-order valence-electron chi connectivity index (χ4n) is 1.96. The molecule has 0 aromatic heterocycles. The molecule has 2 rings (SSSR count). The van der Waals surface area contributed by atoms with Crippen molar-refractivity contribution in [3.8, 4) is 11.5 Å². The van der Waals surface area contributed by atoms with E-state index >= 15 is 0 Å². The molecule has 0 radical (unpaired) electrons. The van der Waals surface area contributed by atoms with Crippen molar-refractivity contribution in [1.82, 2.24) is 0 Å². The minimum absolute atomic E-state index is 0.0385. The summed E-state index contributed by atoms with van der Waals surface area (Å²) < 4.78 is 54.1. The van der Waals surface area contributed by atoms with Gasteiger partial charge in [-0.3, -0.25) is 0 Å². The lowest BCUT2D eigenvalue weighted by atomic mass is 10.2. The van der Waals surface area contributed by atoms with Gasteiger partial charge in [0.25, 0.3) is 4.92 Å². The molecule has 0 aliphatic carbocycles. The molecule has 2 aromatic carbocycles. The van der Waals surface area contributed by atoms with Crippen LogP contribution in [0.5, 0.6) is 11.5 Å². The van der Waals surface area contributed by atoms with Crippen LogP contribution in [0.4, 0.5) is 24.5 Å². The van der Waals surface area contributed by atoms with Crippen LogP contribution in [-0.4, -0.2) is 21.3 Å². The molecule has 0 aliphatic heterocycles. The molecule has 0 saturated heterocycles. The first-order valence-corrected chi connectivity index (χ1v) is 9.12. The minimum atomic E-state index is -4.72. The molecule has 0 bridgehead atoms. The van der Waals surface area contributed by atoms with Gasteiger partial charge < -0.3 is 24.4 Å². The van der Waals surface area contributed by atoms with Crippen molar-refractivity contribution in [1.29, 1.82) is 0 Å². The Kier molecular flexibility index (Phi) is 6.01. The number of rotatable bonds is 6. The summed E-state index contributed by atoms with van der Waals surface area (Å²) in [5, 5.41) is 10.9. The number of halogens is 4. The molecule has 13 heteroatoms. The second-order valence-corrected chi connectivity index (χ2v) is 7.17. The highest BCUT2D eigenvalue weighted by Crippen LogP contribution is 2.38. The first-order valence-electron chi connectivity index (χ1n) is 6.98. The Morgan fingerprint density at radius 1 is 1.26 bits per heavy atom. The Morgan fingerprint density at radius 3 is 2.44 bits per heavy atom. The van der Waals surface area contributed by atoms with Crippen LogP contribution in [0.15, 0.2) is 36.4 Å². The van der Waals surface area contributed by atoms with Gasteiger partial charge in [0.05, 0.1) is 21.8 Å². The molecule has 2 aromatic rings. The third-order valence-electron chi connectivity index (χ3n) is 3.13. The summed E-state index contributed by atoms with van der Waals surface area (Å²) in [6.45, 7) is 0. The van der Waals surface area contributed by atoms with E-state index in [1.54, 1.807) is 0 Å². The lowest BCUT2D eigenvalue weighted by Crippen LogP contribution is -2.12. The van der Waals surface area contributed by atoms with Crippen molar-refractivity contribution in [2.75, 3.05) is 11.6 Å². The molecule has 0 fully saturated rings. The van der Waals surface area contributed by atoms with E-state index in [4.69, 9.17) is 26.4 Å². The summed E-state index contributed by atoms with van der Waals surface area (Å²) >= 11 is 5.78. The molecule has 0 amide bonds. The van der Waals surface area contributed by atoms with E-state index in [0.29, 0.717) is 6.07 Å². The van der Waals surface area contributed by atoms with Crippen LogP contribution in [0.1, 0.15) is 5.56 Å². The quantitative estimate of drug-likeness (QED) is 0.473. The predicted octanol–water partition coefficient (Wildman–Crippen LogP) is 3.87. The lowest BCUT2D eigenvalue weighted by molar-refractivity contribution is -0.729. The highest BCUT2D eigenvalue weighted by atomic mass is 35.5. The van der Waals surface area contributed by atoms with E-state index < -0.39 is 36.2 Å². The Labute approximate surface area is 154 Å². The zero-order valence-corrected chi connectivity index (χ0v) is 14.8. The van der Waals surface area contributed by atoms with Gasteiger partial charge in [0, 0.05) is 12.1 Å². The summed E-state index contributed by atoms with van der Waals surface area (Å²) in [7, 11) is -4.72. The van der Waals surface area contributed by atoms with E-state index in [1.807, 2.05) is 0 Å². The van der Waals surface area contributed by atoms with Crippen molar-refractivity contribution in [2.45, 2.75) is 6.18 Å². The standard InChI is InChI=1S/C14H11ClF3N2O6P/c15-10-5-8(14(16,17)18)1-4-13(10)26-9-2-3-12(20(21)22)11(6-9)19-7-27(23,24)25/h1-6,19H,7H2,(H2-,21,22,23,24,25). The molecule has 1 unspecified atom stereocenters. The average Bonchev–Trinajstić information content (AvgIpc) is 2.53. The van der Waals surface area contributed by atoms with Crippen molar-refractivity contribution < 1.29 is 42.4 Å². The molecule has 0 aliphatic rings. The SMILES string of the molecule is O=[N+](O)c1ccc(Oc2ccc(C(F)(F)F)cc2Cl)cc1NCP(=O)([O-])O. The van der Waals surface area contributed by atoms with Crippen LogP contribution in [0.25, 0.3) is 0 Å². The Hall–Kier alpha value is -2.33. The maximum Gasteiger partial charge on any atom is 0.416 e. The Balaban J connectivity index is 2.31. The number of benzene rings is 2. The van der Waals surface area contributed by atoms with E-state index in [0.717, 1.165) is 24.3 Å². The lowest BCUT2D eigenvalue weighted by Gasteiger charge is -2.17. The molecule has 8 nitrogen and oxygen atoms in total. The zero-order chi connectivity index (χ0) is 20.4. The monoisotopic (exact) mass is 426 g/mol. The van der Waals surface area contributed by atoms with Gasteiger partial charge in [0.1, 0.15) is 17.2 Å². The second-order valence-electron chi connectivity index (χ2n) is 5.17. The van der Waals surface area contributed by atoms with Crippen LogP contribution in [0.2, 0.25) is 5.02 Å². The van der Waals surface area contributed by atoms with Crippen molar-refractivity contribution >= 4 is 30.6 Å².